The normalized spacial score (nSPS) is 12.4. The van der Waals surface area contributed by atoms with Gasteiger partial charge >= 0.3 is 0 Å². The van der Waals surface area contributed by atoms with E-state index in [0.29, 0.717) is 5.56 Å². The van der Waals surface area contributed by atoms with Crippen molar-refractivity contribution in [1.29, 1.82) is 0 Å². The highest BCUT2D eigenvalue weighted by Crippen LogP contribution is 2.17. The molecular formula is C16H17BrFN. The van der Waals surface area contributed by atoms with E-state index in [4.69, 9.17) is 0 Å². The molecular weight excluding hydrogens is 305 g/mol. The summed E-state index contributed by atoms with van der Waals surface area (Å²) in [7, 11) is 0. The maximum atomic E-state index is 13.5. The Balaban J connectivity index is 1.98. The van der Waals surface area contributed by atoms with Gasteiger partial charge in [-0.15, -0.1) is 0 Å². The monoisotopic (exact) mass is 321 g/mol. The highest BCUT2D eigenvalue weighted by Gasteiger charge is 2.07. The molecule has 0 saturated carbocycles. The van der Waals surface area contributed by atoms with Crippen LogP contribution in [0.3, 0.4) is 0 Å². The summed E-state index contributed by atoms with van der Waals surface area (Å²) >= 11 is 3.41. The lowest BCUT2D eigenvalue weighted by atomic mass is 10.1. The number of hydrogen-bond acceptors (Lipinski definition) is 1. The lowest BCUT2D eigenvalue weighted by Crippen LogP contribution is -2.18. The summed E-state index contributed by atoms with van der Waals surface area (Å²) in [4.78, 5) is 0. The number of aryl methyl sites for hydroxylation is 1. The van der Waals surface area contributed by atoms with E-state index in [0.717, 1.165) is 16.6 Å². The molecule has 0 aliphatic rings. The third-order valence-corrected chi connectivity index (χ3v) is 3.75. The highest BCUT2D eigenvalue weighted by atomic mass is 79.9. The third kappa shape index (κ3) is 3.88. The van der Waals surface area contributed by atoms with Crippen LogP contribution < -0.4 is 5.32 Å². The SMILES string of the molecule is Cc1ccc(C(C)NCc2ccc(Br)cc2)cc1F. The van der Waals surface area contributed by atoms with Crippen molar-refractivity contribution in [3.8, 4) is 0 Å². The Bertz CT molecular complexity index is 551. The highest BCUT2D eigenvalue weighted by molar-refractivity contribution is 9.10. The van der Waals surface area contributed by atoms with Crippen molar-refractivity contribution in [2.45, 2.75) is 26.4 Å². The zero-order valence-electron chi connectivity index (χ0n) is 11.1. The van der Waals surface area contributed by atoms with E-state index in [1.807, 2.05) is 31.2 Å². The van der Waals surface area contributed by atoms with Crippen LogP contribution in [0.15, 0.2) is 46.9 Å². The fourth-order valence-electron chi connectivity index (χ4n) is 1.87. The van der Waals surface area contributed by atoms with Crippen LogP contribution >= 0.6 is 15.9 Å². The molecule has 1 nitrogen and oxygen atoms in total. The molecule has 1 atom stereocenters. The Hall–Kier alpha value is -1.19. The molecule has 0 aromatic heterocycles. The van der Waals surface area contributed by atoms with Crippen molar-refractivity contribution in [2.24, 2.45) is 0 Å². The second-order valence-corrected chi connectivity index (χ2v) is 5.65. The minimum atomic E-state index is -0.144. The Kier molecular flexibility index (Phi) is 4.72. The summed E-state index contributed by atoms with van der Waals surface area (Å²) in [5, 5.41) is 3.40. The first-order valence-electron chi connectivity index (χ1n) is 6.30. The topological polar surface area (TPSA) is 12.0 Å². The van der Waals surface area contributed by atoms with Gasteiger partial charge in [0, 0.05) is 17.1 Å². The van der Waals surface area contributed by atoms with Gasteiger partial charge in [-0.3, -0.25) is 0 Å². The Labute approximate surface area is 122 Å². The largest absolute Gasteiger partial charge is 0.306 e. The predicted molar refractivity (Wildman–Crippen MR) is 80.5 cm³/mol. The van der Waals surface area contributed by atoms with Crippen LogP contribution in [0, 0.1) is 12.7 Å². The van der Waals surface area contributed by atoms with Crippen LogP contribution in [0.4, 0.5) is 4.39 Å². The quantitative estimate of drug-likeness (QED) is 0.857. The minimum absolute atomic E-state index is 0.124. The summed E-state index contributed by atoms with van der Waals surface area (Å²) in [6, 6.07) is 13.7. The molecule has 0 bridgehead atoms. The predicted octanol–water partition coefficient (Wildman–Crippen LogP) is 4.75. The zero-order chi connectivity index (χ0) is 13.8. The molecule has 1 unspecified atom stereocenters. The van der Waals surface area contributed by atoms with Gasteiger partial charge in [-0.2, -0.15) is 0 Å². The van der Waals surface area contributed by atoms with Gasteiger partial charge in [0.05, 0.1) is 0 Å². The third-order valence-electron chi connectivity index (χ3n) is 3.22. The van der Waals surface area contributed by atoms with E-state index in [1.54, 1.807) is 13.0 Å². The van der Waals surface area contributed by atoms with Gasteiger partial charge < -0.3 is 5.32 Å². The number of rotatable bonds is 4. The van der Waals surface area contributed by atoms with E-state index in [-0.39, 0.29) is 11.9 Å². The molecule has 0 spiro atoms. The van der Waals surface area contributed by atoms with Gasteiger partial charge in [-0.25, -0.2) is 4.39 Å². The first-order valence-corrected chi connectivity index (χ1v) is 7.09. The maximum absolute atomic E-state index is 13.5. The molecule has 0 aliphatic heterocycles. The fourth-order valence-corrected chi connectivity index (χ4v) is 2.13. The van der Waals surface area contributed by atoms with Crippen LogP contribution in [-0.2, 0) is 6.54 Å². The van der Waals surface area contributed by atoms with Gasteiger partial charge in [0.2, 0.25) is 0 Å². The van der Waals surface area contributed by atoms with Gasteiger partial charge in [0.1, 0.15) is 5.82 Å². The Morgan fingerprint density at radius 3 is 2.47 bits per heavy atom. The van der Waals surface area contributed by atoms with Gasteiger partial charge in [-0.1, -0.05) is 40.2 Å². The molecule has 100 valence electrons. The lowest BCUT2D eigenvalue weighted by Gasteiger charge is -2.15. The van der Waals surface area contributed by atoms with Crippen molar-refractivity contribution >= 4 is 15.9 Å². The number of nitrogens with one attached hydrogen (secondary N) is 1. The second-order valence-electron chi connectivity index (χ2n) is 4.74. The lowest BCUT2D eigenvalue weighted by molar-refractivity contribution is 0.563. The first-order chi connectivity index (χ1) is 9.06. The molecule has 3 heteroatoms. The average Bonchev–Trinajstić information content (AvgIpc) is 2.41. The fraction of sp³-hybridized carbons (Fsp3) is 0.250. The second kappa shape index (κ2) is 6.31. The van der Waals surface area contributed by atoms with E-state index in [9.17, 15) is 4.39 Å². The van der Waals surface area contributed by atoms with Crippen molar-refractivity contribution < 1.29 is 4.39 Å². The number of benzene rings is 2. The summed E-state index contributed by atoms with van der Waals surface area (Å²) in [5.74, 6) is -0.144. The molecule has 0 aliphatic carbocycles. The van der Waals surface area contributed by atoms with Crippen LogP contribution in [0.5, 0.6) is 0 Å². The Morgan fingerprint density at radius 1 is 1.16 bits per heavy atom. The first kappa shape index (κ1) is 14.2. The van der Waals surface area contributed by atoms with E-state index < -0.39 is 0 Å². The van der Waals surface area contributed by atoms with Crippen LogP contribution in [0.1, 0.15) is 29.7 Å². The van der Waals surface area contributed by atoms with Crippen molar-refractivity contribution in [3.05, 3.63) is 69.4 Å². The zero-order valence-corrected chi connectivity index (χ0v) is 12.7. The summed E-state index contributed by atoms with van der Waals surface area (Å²) < 4.78 is 14.6. The minimum Gasteiger partial charge on any atom is -0.306 e. The summed E-state index contributed by atoms with van der Waals surface area (Å²) in [6.45, 7) is 4.59. The number of hydrogen-bond donors (Lipinski definition) is 1. The molecule has 2 aromatic rings. The summed E-state index contributed by atoms with van der Waals surface area (Å²) in [5.41, 5.74) is 2.87. The molecule has 2 aromatic carbocycles. The van der Waals surface area contributed by atoms with E-state index >= 15 is 0 Å². The standard InChI is InChI=1S/C16H17BrFN/c1-11-3-6-14(9-16(11)18)12(2)19-10-13-4-7-15(17)8-5-13/h3-9,12,19H,10H2,1-2H3. The molecule has 2 rings (SSSR count). The van der Waals surface area contributed by atoms with Gasteiger partial charge in [0.25, 0.3) is 0 Å². The van der Waals surface area contributed by atoms with Crippen LogP contribution in [0.2, 0.25) is 0 Å². The van der Waals surface area contributed by atoms with Crippen molar-refractivity contribution in [2.75, 3.05) is 0 Å². The molecule has 0 amide bonds. The molecule has 0 radical (unpaired) electrons. The van der Waals surface area contributed by atoms with Crippen molar-refractivity contribution in [3.63, 3.8) is 0 Å². The molecule has 0 heterocycles. The van der Waals surface area contributed by atoms with Gasteiger partial charge in [0.15, 0.2) is 0 Å². The van der Waals surface area contributed by atoms with Crippen LogP contribution in [-0.4, -0.2) is 0 Å². The van der Waals surface area contributed by atoms with E-state index in [1.165, 1.54) is 5.56 Å². The van der Waals surface area contributed by atoms with E-state index in [2.05, 4.69) is 33.4 Å². The molecule has 1 N–H and O–H groups in total. The summed E-state index contributed by atoms with van der Waals surface area (Å²) in [6.07, 6.45) is 0. The number of halogens is 2. The molecule has 19 heavy (non-hydrogen) atoms. The van der Waals surface area contributed by atoms with Crippen molar-refractivity contribution in [1.82, 2.24) is 5.32 Å². The average molecular weight is 322 g/mol. The Morgan fingerprint density at radius 2 is 1.84 bits per heavy atom. The van der Waals surface area contributed by atoms with Gasteiger partial charge in [-0.05, 0) is 48.7 Å². The molecule has 0 fully saturated rings. The van der Waals surface area contributed by atoms with Crippen LogP contribution in [0.25, 0.3) is 0 Å². The molecule has 0 saturated heterocycles. The smallest absolute Gasteiger partial charge is 0.126 e. The maximum Gasteiger partial charge on any atom is 0.126 e.